The van der Waals surface area contributed by atoms with Crippen molar-refractivity contribution in [3.63, 3.8) is 0 Å². The number of ether oxygens (including phenoxy) is 2. The maximum Gasteiger partial charge on any atom is 0.420 e. The van der Waals surface area contributed by atoms with Crippen LogP contribution in [-0.4, -0.2) is 56.3 Å². The van der Waals surface area contributed by atoms with Crippen molar-refractivity contribution in [1.29, 1.82) is 0 Å². The van der Waals surface area contributed by atoms with Gasteiger partial charge in [0.2, 0.25) is 0 Å². The zero-order chi connectivity index (χ0) is 23.6. The second kappa shape index (κ2) is 8.79. The first-order valence-electron chi connectivity index (χ1n) is 9.74. The Bertz CT molecular complexity index is 967. The minimum absolute atomic E-state index is 0.303. The third kappa shape index (κ3) is 6.07. The van der Waals surface area contributed by atoms with E-state index in [1.54, 1.807) is 65.8 Å². The van der Waals surface area contributed by atoms with Gasteiger partial charge >= 0.3 is 18.2 Å². The van der Waals surface area contributed by atoms with Gasteiger partial charge in [0, 0.05) is 22.7 Å². The zero-order valence-electron chi connectivity index (χ0n) is 18.5. The fourth-order valence-corrected chi connectivity index (χ4v) is 2.93. The molecule has 9 nitrogen and oxygen atoms in total. The van der Waals surface area contributed by atoms with E-state index in [1.807, 2.05) is 0 Å². The summed E-state index contributed by atoms with van der Waals surface area (Å²) in [5, 5.41) is 10.5. The molecule has 168 valence electrons. The molecule has 1 unspecified atom stereocenters. The number of fused-ring (bicyclic) bond motifs is 1. The Morgan fingerprint density at radius 3 is 2.00 bits per heavy atom. The summed E-state index contributed by atoms with van der Waals surface area (Å²) in [5.74, 6) is -1.43. The van der Waals surface area contributed by atoms with Gasteiger partial charge in [-0.15, -0.1) is 0 Å². The van der Waals surface area contributed by atoms with Crippen LogP contribution in [0.25, 0.3) is 10.9 Å². The average Bonchev–Trinajstić information content (AvgIpc) is 2.96. The molecule has 1 N–H and O–H groups in total. The molecular weight excluding hydrogens is 404 g/mol. The summed E-state index contributed by atoms with van der Waals surface area (Å²) in [6, 6.07) is 5.29. The number of carbonyl (C=O) groups is 4. The van der Waals surface area contributed by atoms with Gasteiger partial charge in [-0.05, 0) is 47.6 Å². The molecule has 0 saturated heterocycles. The minimum atomic E-state index is -1.64. The van der Waals surface area contributed by atoms with Gasteiger partial charge in [0.05, 0.1) is 6.54 Å². The Morgan fingerprint density at radius 2 is 1.55 bits per heavy atom. The predicted octanol–water partition coefficient (Wildman–Crippen LogP) is 4.08. The molecule has 2 aromatic rings. The van der Waals surface area contributed by atoms with Crippen LogP contribution in [0.1, 0.15) is 51.9 Å². The highest BCUT2D eigenvalue weighted by Crippen LogP contribution is 2.23. The third-order valence-corrected chi connectivity index (χ3v) is 4.09. The van der Waals surface area contributed by atoms with Gasteiger partial charge in [-0.25, -0.2) is 14.4 Å². The molecule has 2 rings (SSSR count). The van der Waals surface area contributed by atoms with Crippen LogP contribution in [0.3, 0.4) is 0 Å². The predicted molar refractivity (Wildman–Crippen MR) is 113 cm³/mol. The molecule has 0 spiro atoms. The highest BCUT2D eigenvalue weighted by molar-refractivity contribution is 5.98. The highest BCUT2D eigenvalue weighted by atomic mass is 16.6. The number of carboxylic acids is 1. The zero-order valence-corrected chi connectivity index (χ0v) is 18.5. The Kier molecular flexibility index (Phi) is 6.78. The van der Waals surface area contributed by atoms with Crippen molar-refractivity contribution < 1.29 is 33.8 Å². The van der Waals surface area contributed by atoms with Crippen LogP contribution in [0, 0.1) is 0 Å². The van der Waals surface area contributed by atoms with E-state index in [0.717, 1.165) is 0 Å². The van der Waals surface area contributed by atoms with Crippen LogP contribution in [0.15, 0.2) is 30.5 Å². The van der Waals surface area contributed by atoms with Crippen LogP contribution in [0.5, 0.6) is 0 Å². The molecule has 9 heteroatoms. The first-order chi connectivity index (χ1) is 14.2. The molecule has 0 bridgehead atoms. The number of hydrogen-bond acceptors (Lipinski definition) is 6. The molecule has 1 heterocycles. The molecule has 0 saturated carbocycles. The number of rotatable bonds is 5. The van der Waals surface area contributed by atoms with Crippen molar-refractivity contribution >= 4 is 35.3 Å². The molecule has 0 fully saturated rings. The molecule has 1 aromatic heterocycles. The molecule has 0 aliphatic rings. The lowest BCUT2D eigenvalue weighted by Gasteiger charge is -2.32. The Hall–Kier alpha value is -3.36. The van der Waals surface area contributed by atoms with Gasteiger partial charge in [-0.3, -0.25) is 4.79 Å². The minimum Gasteiger partial charge on any atom is -0.480 e. The summed E-state index contributed by atoms with van der Waals surface area (Å²) in [5.41, 5.74) is -0.985. The average molecular weight is 432 g/mol. The lowest BCUT2D eigenvalue weighted by atomic mass is 10.2. The number of amides is 2. The van der Waals surface area contributed by atoms with E-state index in [4.69, 9.17) is 9.47 Å². The summed E-state index contributed by atoms with van der Waals surface area (Å²) in [7, 11) is 0. The summed E-state index contributed by atoms with van der Waals surface area (Å²) < 4.78 is 12.1. The SMILES string of the molecule is CC(C)(C)OC(=O)N(C(=O)OC(C)(C)C)C(Cn1cc(C=O)c2ccccc21)C(=O)O. The van der Waals surface area contributed by atoms with Crippen LogP contribution < -0.4 is 0 Å². The van der Waals surface area contributed by atoms with Crippen molar-refractivity contribution in [3.8, 4) is 0 Å². The second-order valence-corrected chi connectivity index (χ2v) is 9.06. The van der Waals surface area contributed by atoms with Crippen molar-refractivity contribution in [2.24, 2.45) is 0 Å². The van der Waals surface area contributed by atoms with Crippen molar-refractivity contribution in [2.75, 3.05) is 0 Å². The Morgan fingerprint density at radius 1 is 1.03 bits per heavy atom. The summed E-state index contributed by atoms with van der Waals surface area (Å²) in [6.45, 7) is 9.30. The molecule has 1 atom stereocenters. The number of aliphatic carboxylic acids is 1. The molecular formula is C22H28N2O7. The van der Waals surface area contributed by atoms with Crippen molar-refractivity contribution in [1.82, 2.24) is 9.47 Å². The Balaban J connectivity index is 2.52. The van der Waals surface area contributed by atoms with E-state index in [-0.39, 0.29) is 6.54 Å². The number of imide groups is 1. The molecule has 0 aliphatic carbocycles. The molecule has 0 radical (unpaired) electrons. The summed E-state index contributed by atoms with van der Waals surface area (Å²) >= 11 is 0. The van der Waals surface area contributed by atoms with Gasteiger partial charge in [-0.1, -0.05) is 18.2 Å². The van der Waals surface area contributed by atoms with Crippen molar-refractivity contribution in [2.45, 2.75) is 65.3 Å². The van der Waals surface area contributed by atoms with Crippen LogP contribution in [0.4, 0.5) is 9.59 Å². The quantitative estimate of drug-likeness (QED) is 0.708. The lowest BCUT2D eigenvalue weighted by molar-refractivity contribution is -0.143. The second-order valence-electron chi connectivity index (χ2n) is 9.06. The van der Waals surface area contributed by atoms with E-state index < -0.39 is 35.4 Å². The van der Waals surface area contributed by atoms with E-state index in [0.29, 0.717) is 27.7 Å². The van der Waals surface area contributed by atoms with Gasteiger partial charge in [0.25, 0.3) is 0 Å². The number of hydrogen-bond donors (Lipinski definition) is 1. The fourth-order valence-electron chi connectivity index (χ4n) is 2.93. The monoisotopic (exact) mass is 432 g/mol. The smallest absolute Gasteiger partial charge is 0.420 e. The van der Waals surface area contributed by atoms with Gasteiger partial charge in [-0.2, -0.15) is 4.90 Å². The van der Waals surface area contributed by atoms with E-state index >= 15 is 0 Å². The first kappa shape index (κ1) is 23.9. The molecule has 31 heavy (non-hydrogen) atoms. The number of para-hydroxylation sites is 1. The standard InChI is InChI=1S/C22H28N2O7/c1-21(2,3)30-19(28)24(20(29)31-22(4,5)6)17(18(26)27)12-23-11-14(13-25)15-9-7-8-10-16(15)23/h7-11,13,17H,12H2,1-6H3,(H,26,27). The third-order valence-electron chi connectivity index (χ3n) is 4.09. The number of aldehydes is 1. The van der Waals surface area contributed by atoms with E-state index in [2.05, 4.69) is 0 Å². The highest BCUT2D eigenvalue weighted by Gasteiger charge is 2.40. The van der Waals surface area contributed by atoms with Crippen LogP contribution in [0.2, 0.25) is 0 Å². The first-order valence-corrected chi connectivity index (χ1v) is 9.74. The lowest BCUT2D eigenvalue weighted by Crippen LogP contribution is -2.53. The maximum absolute atomic E-state index is 12.8. The largest absolute Gasteiger partial charge is 0.480 e. The number of carbonyl (C=O) groups excluding carboxylic acids is 3. The number of benzene rings is 1. The normalized spacial score (nSPS) is 12.8. The van der Waals surface area contributed by atoms with Gasteiger partial charge < -0.3 is 19.1 Å². The van der Waals surface area contributed by atoms with E-state index in [1.165, 1.54) is 10.8 Å². The molecule has 2 amide bonds. The number of nitrogens with zero attached hydrogens (tertiary/aromatic N) is 2. The Labute approximate surface area is 180 Å². The van der Waals surface area contributed by atoms with Gasteiger partial charge in [0.1, 0.15) is 11.2 Å². The summed E-state index contributed by atoms with van der Waals surface area (Å²) in [6.07, 6.45) is -0.133. The van der Waals surface area contributed by atoms with Crippen LogP contribution >= 0.6 is 0 Å². The fraction of sp³-hybridized carbons (Fsp3) is 0.455. The summed E-state index contributed by atoms with van der Waals surface area (Å²) in [4.78, 5) is 49.7. The number of carboxylic acid groups (broad SMARTS) is 1. The van der Waals surface area contributed by atoms with Crippen LogP contribution in [-0.2, 0) is 20.8 Å². The number of aromatic nitrogens is 1. The molecule has 1 aromatic carbocycles. The molecule has 0 aliphatic heterocycles. The van der Waals surface area contributed by atoms with Crippen molar-refractivity contribution in [3.05, 3.63) is 36.0 Å². The van der Waals surface area contributed by atoms with E-state index in [9.17, 15) is 24.3 Å². The topological polar surface area (TPSA) is 115 Å². The maximum atomic E-state index is 12.8. The van der Waals surface area contributed by atoms with Gasteiger partial charge in [0.15, 0.2) is 12.3 Å².